The second-order valence-corrected chi connectivity index (χ2v) is 8.33. The predicted octanol–water partition coefficient (Wildman–Crippen LogP) is 2.11. The second kappa shape index (κ2) is 8.08. The molecule has 2 aliphatic heterocycles. The van der Waals surface area contributed by atoms with Gasteiger partial charge >= 0.3 is 0 Å². The van der Waals surface area contributed by atoms with Crippen LogP contribution in [0.5, 0.6) is 0 Å². The van der Waals surface area contributed by atoms with Gasteiger partial charge in [-0.25, -0.2) is 4.98 Å². The van der Waals surface area contributed by atoms with E-state index in [1.807, 2.05) is 24.2 Å². The number of nitrogens with one attached hydrogen (secondary N) is 1. The highest BCUT2D eigenvalue weighted by Crippen LogP contribution is 2.27. The van der Waals surface area contributed by atoms with Crippen LogP contribution in [0.15, 0.2) is 11.6 Å². The quantitative estimate of drug-likeness (QED) is 0.848. The number of nitrogens with zero attached hydrogens (tertiary/aromatic N) is 4. The molecule has 8 heteroatoms. The standard InChI is InChI=1S/C19H27N5O2S/c1-13-18(27-12-20-13)16-10-15(23(2)22-16)11-24-7-5-14(6-8-24)21-19(25)17-4-3-9-26-17/h10,12,14,17H,3-9,11H2,1-2H3,(H,21,25)/t17-/m1/s1. The summed E-state index contributed by atoms with van der Waals surface area (Å²) in [4.78, 5) is 20.1. The zero-order chi connectivity index (χ0) is 18.8. The summed E-state index contributed by atoms with van der Waals surface area (Å²) >= 11 is 1.64. The maximum Gasteiger partial charge on any atom is 0.249 e. The van der Waals surface area contributed by atoms with Crippen LogP contribution in [-0.4, -0.2) is 57.4 Å². The molecular weight excluding hydrogens is 362 g/mol. The molecule has 1 atom stereocenters. The number of piperidine rings is 1. The number of ether oxygens (including phenoxy) is 1. The summed E-state index contributed by atoms with van der Waals surface area (Å²) in [6.07, 6.45) is 3.58. The Kier molecular flexibility index (Phi) is 5.56. The van der Waals surface area contributed by atoms with Gasteiger partial charge in [-0.15, -0.1) is 11.3 Å². The molecule has 146 valence electrons. The molecular formula is C19H27N5O2S. The van der Waals surface area contributed by atoms with Gasteiger partial charge in [-0.2, -0.15) is 5.10 Å². The van der Waals surface area contributed by atoms with Crippen molar-refractivity contribution >= 4 is 17.2 Å². The number of aryl methyl sites for hydroxylation is 2. The van der Waals surface area contributed by atoms with E-state index in [2.05, 4.69) is 26.4 Å². The Morgan fingerprint density at radius 2 is 2.19 bits per heavy atom. The molecule has 0 unspecified atom stereocenters. The third kappa shape index (κ3) is 4.23. The molecule has 0 radical (unpaired) electrons. The summed E-state index contributed by atoms with van der Waals surface area (Å²) in [5.74, 6) is 0.0714. The fraction of sp³-hybridized carbons (Fsp3) is 0.632. The molecule has 2 fully saturated rings. The SMILES string of the molecule is Cc1ncsc1-c1cc(CN2CCC(NC(=O)[C@H]3CCCO3)CC2)n(C)n1. The van der Waals surface area contributed by atoms with Crippen molar-refractivity contribution in [3.05, 3.63) is 23.0 Å². The minimum atomic E-state index is -0.230. The molecule has 2 aromatic rings. The maximum absolute atomic E-state index is 12.2. The number of hydrogen-bond donors (Lipinski definition) is 1. The third-order valence-electron chi connectivity index (χ3n) is 5.50. The molecule has 0 saturated carbocycles. The third-order valence-corrected chi connectivity index (χ3v) is 6.45. The van der Waals surface area contributed by atoms with Gasteiger partial charge in [0.15, 0.2) is 0 Å². The van der Waals surface area contributed by atoms with Crippen LogP contribution in [0.4, 0.5) is 0 Å². The first kappa shape index (κ1) is 18.6. The molecule has 0 aliphatic carbocycles. The number of likely N-dealkylation sites (tertiary alicyclic amines) is 1. The van der Waals surface area contributed by atoms with Crippen molar-refractivity contribution < 1.29 is 9.53 Å². The van der Waals surface area contributed by atoms with Crippen LogP contribution < -0.4 is 5.32 Å². The minimum absolute atomic E-state index is 0.0714. The van der Waals surface area contributed by atoms with Crippen LogP contribution >= 0.6 is 11.3 Å². The summed E-state index contributed by atoms with van der Waals surface area (Å²) < 4.78 is 7.45. The van der Waals surface area contributed by atoms with Gasteiger partial charge in [-0.3, -0.25) is 14.4 Å². The first-order valence-corrected chi connectivity index (χ1v) is 10.6. The van der Waals surface area contributed by atoms with E-state index in [0.29, 0.717) is 6.61 Å². The molecule has 2 aliphatic rings. The maximum atomic E-state index is 12.2. The highest BCUT2D eigenvalue weighted by atomic mass is 32.1. The van der Waals surface area contributed by atoms with E-state index in [4.69, 9.17) is 4.74 Å². The molecule has 0 bridgehead atoms. The molecule has 0 aromatic carbocycles. The Morgan fingerprint density at radius 3 is 2.85 bits per heavy atom. The summed E-state index contributed by atoms with van der Waals surface area (Å²) in [5, 5.41) is 7.84. The van der Waals surface area contributed by atoms with Gasteiger partial charge in [0.25, 0.3) is 0 Å². The normalized spacial score (nSPS) is 21.6. The molecule has 4 heterocycles. The summed E-state index contributed by atoms with van der Waals surface area (Å²) in [6.45, 7) is 5.58. The van der Waals surface area contributed by atoms with Gasteiger partial charge in [0, 0.05) is 39.3 Å². The number of carbonyl (C=O) groups excluding carboxylic acids is 1. The number of amides is 1. The van der Waals surface area contributed by atoms with Crippen molar-refractivity contribution in [2.45, 2.75) is 51.3 Å². The molecule has 2 saturated heterocycles. The molecule has 1 N–H and O–H groups in total. The molecule has 7 nitrogen and oxygen atoms in total. The zero-order valence-electron chi connectivity index (χ0n) is 16.0. The smallest absolute Gasteiger partial charge is 0.249 e. The number of rotatable bonds is 5. The van der Waals surface area contributed by atoms with Crippen molar-refractivity contribution in [3.8, 4) is 10.6 Å². The van der Waals surface area contributed by atoms with Crippen molar-refractivity contribution in [3.63, 3.8) is 0 Å². The Balaban J connectivity index is 1.30. The number of aromatic nitrogens is 3. The van der Waals surface area contributed by atoms with Crippen molar-refractivity contribution in [1.82, 2.24) is 25.0 Å². The topological polar surface area (TPSA) is 72.3 Å². The minimum Gasteiger partial charge on any atom is -0.368 e. The van der Waals surface area contributed by atoms with E-state index >= 15 is 0 Å². The Morgan fingerprint density at radius 1 is 1.37 bits per heavy atom. The van der Waals surface area contributed by atoms with Crippen molar-refractivity contribution in [2.75, 3.05) is 19.7 Å². The van der Waals surface area contributed by atoms with Crippen LogP contribution in [0, 0.1) is 6.92 Å². The monoisotopic (exact) mass is 389 g/mol. The van der Waals surface area contributed by atoms with Crippen LogP contribution in [0.1, 0.15) is 37.1 Å². The van der Waals surface area contributed by atoms with Crippen LogP contribution in [0.3, 0.4) is 0 Å². The van der Waals surface area contributed by atoms with Gasteiger partial charge in [0.2, 0.25) is 5.91 Å². The van der Waals surface area contributed by atoms with Gasteiger partial charge in [-0.05, 0) is 38.7 Å². The number of hydrogen-bond acceptors (Lipinski definition) is 6. The highest BCUT2D eigenvalue weighted by molar-refractivity contribution is 7.13. The highest BCUT2D eigenvalue weighted by Gasteiger charge is 2.27. The lowest BCUT2D eigenvalue weighted by molar-refractivity contribution is -0.131. The van der Waals surface area contributed by atoms with Gasteiger partial charge in [0.05, 0.1) is 21.8 Å². The van der Waals surface area contributed by atoms with Gasteiger partial charge in [-0.1, -0.05) is 0 Å². The second-order valence-electron chi connectivity index (χ2n) is 7.47. The first-order valence-electron chi connectivity index (χ1n) is 9.68. The first-order chi connectivity index (χ1) is 13.1. The van der Waals surface area contributed by atoms with Gasteiger partial charge < -0.3 is 10.1 Å². The van der Waals surface area contributed by atoms with Crippen LogP contribution in [0.25, 0.3) is 10.6 Å². The van der Waals surface area contributed by atoms with E-state index in [1.165, 1.54) is 5.69 Å². The summed E-state index contributed by atoms with van der Waals surface area (Å²) in [6, 6.07) is 2.44. The van der Waals surface area contributed by atoms with E-state index in [9.17, 15) is 4.79 Å². The van der Waals surface area contributed by atoms with Gasteiger partial charge in [0.1, 0.15) is 11.8 Å². The van der Waals surface area contributed by atoms with Crippen LogP contribution in [-0.2, 0) is 23.1 Å². The number of carbonyl (C=O) groups is 1. The van der Waals surface area contributed by atoms with Crippen molar-refractivity contribution in [2.24, 2.45) is 7.05 Å². The summed E-state index contributed by atoms with van der Waals surface area (Å²) in [7, 11) is 2.00. The zero-order valence-corrected chi connectivity index (χ0v) is 16.8. The summed E-state index contributed by atoms with van der Waals surface area (Å²) in [5.41, 5.74) is 5.12. The lowest BCUT2D eigenvalue weighted by atomic mass is 10.0. The lowest BCUT2D eigenvalue weighted by Crippen LogP contribution is -2.47. The van der Waals surface area contributed by atoms with Crippen LogP contribution in [0.2, 0.25) is 0 Å². The Labute approximate surface area is 163 Å². The van der Waals surface area contributed by atoms with E-state index in [1.54, 1.807) is 11.3 Å². The van der Waals surface area contributed by atoms with Crippen molar-refractivity contribution in [1.29, 1.82) is 0 Å². The molecule has 1 amide bonds. The van der Waals surface area contributed by atoms with E-state index in [-0.39, 0.29) is 18.1 Å². The van der Waals surface area contributed by atoms with E-state index < -0.39 is 0 Å². The Bertz CT molecular complexity index is 788. The molecule has 4 rings (SSSR count). The molecule has 0 spiro atoms. The fourth-order valence-electron chi connectivity index (χ4n) is 3.86. The Hall–Kier alpha value is -1.77. The fourth-order valence-corrected chi connectivity index (χ4v) is 4.62. The average molecular weight is 390 g/mol. The molecule has 2 aromatic heterocycles. The number of thiazole rings is 1. The van der Waals surface area contributed by atoms with E-state index in [0.717, 1.165) is 61.6 Å². The average Bonchev–Trinajstić information content (AvgIpc) is 3.39. The lowest BCUT2D eigenvalue weighted by Gasteiger charge is -2.32. The largest absolute Gasteiger partial charge is 0.368 e. The molecule has 27 heavy (non-hydrogen) atoms. The predicted molar refractivity (Wildman–Crippen MR) is 104 cm³/mol.